The van der Waals surface area contributed by atoms with E-state index < -0.39 is 53.7 Å². The maximum atomic E-state index is 12.0. The second-order valence-electron chi connectivity index (χ2n) is 8.84. The molecule has 1 saturated heterocycles. The molecule has 1 aromatic carbocycles. The Labute approximate surface area is 232 Å². The van der Waals surface area contributed by atoms with Crippen LogP contribution in [0, 0.1) is 0 Å². The number of aromatic amines is 1. The Balaban J connectivity index is 1.65. The van der Waals surface area contributed by atoms with Crippen LogP contribution in [-0.2, 0) is 42.9 Å². The van der Waals surface area contributed by atoms with Gasteiger partial charge in [0.05, 0.1) is 5.69 Å². The van der Waals surface area contributed by atoms with Crippen molar-refractivity contribution in [3.8, 4) is 5.88 Å². The minimum Gasteiger partial charge on any atom is -0.492 e. The number of hydrogen-bond acceptors (Lipinski definition) is 13. The summed E-state index contributed by atoms with van der Waals surface area (Å²) in [5.74, 6) is -3.11. The van der Waals surface area contributed by atoms with Gasteiger partial charge in [-0.2, -0.15) is 4.98 Å². The van der Waals surface area contributed by atoms with Gasteiger partial charge in [-0.05, 0) is 12.1 Å². The monoisotopic (exact) mass is 573 g/mol. The molecule has 0 unspecified atom stereocenters. The third kappa shape index (κ3) is 6.87. The first kappa shape index (κ1) is 28.8. The summed E-state index contributed by atoms with van der Waals surface area (Å²) in [6.07, 6.45) is -1.61. The van der Waals surface area contributed by atoms with Crippen molar-refractivity contribution >= 4 is 59.2 Å². The lowest BCUT2D eigenvalue weighted by atomic mass is 9.99. The molecule has 13 nitrogen and oxygen atoms in total. The molecule has 0 bridgehead atoms. The number of para-hydroxylation sites is 1. The van der Waals surface area contributed by atoms with Crippen molar-refractivity contribution in [2.24, 2.45) is 4.99 Å². The second kappa shape index (κ2) is 12.3. The minimum atomic E-state index is -1.31. The van der Waals surface area contributed by atoms with Crippen molar-refractivity contribution in [1.29, 1.82) is 0 Å². The molecule has 0 aliphatic carbocycles. The van der Waals surface area contributed by atoms with Gasteiger partial charge in [0.15, 0.2) is 28.9 Å². The maximum absolute atomic E-state index is 12.0. The van der Waals surface area contributed by atoms with E-state index >= 15 is 0 Å². The van der Waals surface area contributed by atoms with Crippen molar-refractivity contribution in [1.82, 2.24) is 9.97 Å². The zero-order valence-corrected chi connectivity index (χ0v) is 22.8. The first-order valence-electron chi connectivity index (χ1n) is 12.1. The van der Waals surface area contributed by atoms with Crippen LogP contribution < -0.4 is 0 Å². The Morgan fingerprint density at radius 1 is 0.975 bits per heavy atom. The summed E-state index contributed by atoms with van der Waals surface area (Å²) in [4.78, 5) is 58.9. The van der Waals surface area contributed by atoms with Gasteiger partial charge in [0.2, 0.25) is 5.88 Å². The van der Waals surface area contributed by atoms with Gasteiger partial charge in [-0.3, -0.25) is 24.2 Å². The zero-order chi connectivity index (χ0) is 29.0. The zero-order valence-electron chi connectivity index (χ0n) is 22.0. The van der Waals surface area contributed by atoms with Gasteiger partial charge in [0.25, 0.3) is 0 Å². The average Bonchev–Trinajstić information content (AvgIpc) is 3.43. The number of fused-ring (bicyclic) bond motifs is 1. The molecule has 1 aromatic heterocycles. The first-order valence-corrected chi connectivity index (χ1v) is 13.0. The third-order valence-electron chi connectivity index (χ3n) is 5.72. The first-order chi connectivity index (χ1) is 19.0. The fourth-order valence-electron chi connectivity index (χ4n) is 4.21. The van der Waals surface area contributed by atoms with Crippen LogP contribution in [0.2, 0.25) is 0 Å². The number of nitrogens with zero attached hydrogens (tertiary/aromatic N) is 2. The van der Waals surface area contributed by atoms with E-state index in [4.69, 9.17) is 23.7 Å². The molecule has 0 spiro atoms. The van der Waals surface area contributed by atoms with Gasteiger partial charge in [0, 0.05) is 45.0 Å². The van der Waals surface area contributed by atoms with Crippen LogP contribution >= 0.6 is 11.8 Å². The van der Waals surface area contributed by atoms with Crippen LogP contribution in [0.3, 0.4) is 0 Å². The SMILES string of the molecule is CC(=O)OC[C@H]1O[C@@H](Sc2nc(O)c(/C=C3\C=Nc4ccccc43)[nH]2)[C@H](OC(C)=O)[C@@H](OC(C)=O)[C@@H]1OC(C)=O. The number of ether oxygens (including phenoxy) is 5. The fourth-order valence-corrected chi connectivity index (χ4v) is 5.29. The van der Waals surface area contributed by atoms with E-state index in [9.17, 15) is 24.3 Å². The molecule has 40 heavy (non-hydrogen) atoms. The fraction of sp³-hybridized carbons (Fsp3) is 0.385. The quantitative estimate of drug-likeness (QED) is 0.349. The number of thioether (sulfide) groups is 1. The molecule has 2 aromatic rings. The van der Waals surface area contributed by atoms with Gasteiger partial charge in [-0.15, -0.1) is 0 Å². The number of carbonyl (C=O) groups excluding carboxylic acids is 4. The number of hydrogen-bond donors (Lipinski definition) is 2. The number of aromatic hydroxyl groups is 1. The average molecular weight is 574 g/mol. The summed E-state index contributed by atoms with van der Waals surface area (Å²) in [7, 11) is 0. The van der Waals surface area contributed by atoms with Gasteiger partial charge < -0.3 is 33.8 Å². The number of imidazole rings is 1. The smallest absolute Gasteiger partial charge is 0.303 e. The predicted molar refractivity (Wildman–Crippen MR) is 141 cm³/mol. The van der Waals surface area contributed by atoms with Crippen LogP contribution in [0.15, 0.2) is 34.4 Å². The molecule has 2 N–H and O–H groups in total. The molecule has 0 saturated carbocycles. The molecule has 4 rings (SSSR count). The number of allylic oxidation sites excluding steroid dienone is 1. The number of carbonyl (C=O) groups is 4. The van der Waals surface area contributed by atoms with Gasteiger partial charge >= 0.3 is 23.9 Å². The maximum Gasteiger partial charge on any atom is 0.303 e. The standard InChI is InChI=1S/C26H27N3O10S/c1-12(30)35-11-20-21(36-13(2)31)22(37-14(3)32)23(38-15(4)33)25(39-20)40-26-28-19(24(34)29-26)9-16-10-27-18-8-6-5-7-17(16)18/h5-10,20-23,25,34H,11H2,1-4H3,(H,28,29)/b16-9+/t20-,21-,22+,23-,25+/m1/s1. The highest BCUT2D eigenvalue weighted by Gasteiger charge is 2.52. The Morgan fingerprint density at radius 2 is 1.62 bits per heavy atom. The lowest BCUT2D eigenvalue weighted by Gasteiger charge is -2.43. The Kier molecular flexibility index (Phi) is 8.90. The van der Waals surface area contributed by atoms with E-state index in [1.807, 2.05) is 24.3 Å². The van der Waals surface area contributed by atoms with E-state index in [1.165, 1.54) is 6.92 Å². The van der Waals surface area contributed by atoms with E-state index in [-0.39, 0.29) is 23.3 Å². The van der Waals surface area contributed by atoms with Crippen LogP contribution in [0.1, 0.15) is 39.0 Å². The number of benzene rings is 1. The molecule has 1 fully saturated rings. The highest BCUT2D eigenvalue weighted by molar-refractivity contribution is 7.99. The van der Waals surface area contributed by atoms with Gasteiger partial charge in [0.1, 0.15) is 18.4 Å². The molecule has 212 valence electrons. The summed E-state index contributed by atoms with van der Waals surface area (Å²) >= 11 is 0.922. The van der Waals surface area contributed by atoms with Crippen molar-refractivity contribution in [3.63, 3.8) is 0 Å². The molecule has 2 aliphatic heterocycles. The number of nitrogens with one attached hydrogen (secondary N) is 1. The number of H-pyrrole nitrogens is 1. The Morgan fingerprint density at radius 3 is 2.30 bits per heavy atom. The minimum absolute atomic E-state index is 0.175. The van der Waals surface area contributed by atoms with Gasteiger partial charge in [-0.1, -0.05) is 30.0 Å². The number of esters is 4. The summed E-state index contributed by atoms with van der Waals surface area (Å²) in [6.45, 7) is 4.28. The van der Waals surface area contributed by atoms with E-state index in [0.717, 1.165) is 49.4 Å². The molecule has 3 heterocycles. The van der Waals surface area contributed by atoms with Crippen LogP contribution in [0.25, 0.3) is 11.6 Å². The summed E-state index contributed by atoms with van der Waals surface area (Å²) in [6, 6.07) is 7.51. The predicted octanol–water partition coefficient (Wildman–Crippen LogP) is 2.55. The summed E-state index contributed by atoms with van der Waals surface area (Å²) in [5, 5.41) is 10.7. The Bertz CT molecular complexity index is 1370. The summed E-state index contributed by atoms with van der Waals surface area (Å²) in [5.41, 5.74) is 1.61. The topological polar surface area (TPSA) is 176 Å². The molecule has 2 aliphatic rings. The number of aromatic nitrogens is 2. The second-order valence-corrected chi connectivity index (χ2v) is 9.93. The van der Waals surface area contributed by atoms with Gasteiger partial charge in [-0.25, -0.2) is 0 Å². The molecule has 0 amide bonds. The molecular weight excluding hydrogens is 546 g/mol. The van der Waals surface area contributed by atoms with Crippen molar-refractivity contribution in [3.05, 3.63) is 35.5 Å². The largest absolute Gasteiger partial charge is 0.492 e. The van der Waals surface area contributed by atoms with E-state index in [2.05, 4.69) is 15.0 Å². The number of aliphatic imine (C=N–C) groups is 1. The molecule has 14 heteroatoms. The lowest BCUT2D eigenvalue weighted by molar-refractivity contribution is -0.237. The number of rotatable bonds is 8. The van der Waals surface area contributed by atoms with Crippen molar-refractivity contribution < 1.29 is 48.0 Å². The highest BCUT2D eigenvalue weighted by Crippen LogP contribution is 2.38. The van der Waals surface area contributed by atoms with Crippen molar-refractivity contribution in [2.75, 3.05) is 6.61 Å². The van der Waals surface area contributed by atoms with Crippen LogP contribution in [0.5, 0.6) is 5.88 Å². The van der Waals surface area contributed by atoms with Crippen LogP contribution in [-0.4, -0.2) is 81.6 Å². The lowest BCUT2D eigenvalue weighted by Crippen LogP contribution is -2.61. The molecular formula is C26H27N3O10S. The molecule has 5 atom stereocenters. The van der Waals surface area contributed by atoms with Crippen molar-refractivity contribution in [2.45, 2.75) is 62.7 Å². The Hall–Kier alpha value is -4.17. The molecule has 0 radical (unpaired) electrons. The highest BCUT2D eigenvalue weighted by atomic mass is 32.2. The van der Waals surface area contributed by atoms with E-state index in [0.29, 0.717) is 0 Å². The van der Waals surface area contributed by atoms with E-state index in [1.54, 1.807) is 12.3 Å². The third-order valence-corrected chi connectivity index (χ3v) is 6.75. The normalized spacial score (nSPS) is 24.3. The summed E-state index contributed by atoms with van der Waals surface area (Å²) < 4.78 is 27.4. The van der Waals surface area contributed by atoms with Crippen LogP contribution in [0.4, 0.5) is 5.69 Å².